The van der Waals surface area contributed by atoms with E-state index in [9.17, 15) is 0 Å². The van der Waals surface area contributed by atoms with Gasteiger partial charge in [0, 0.05) is 18.6 Å². The molecule has 100 valence electrons. The topological polar surface area (TPSA) is 29.3 Å². The van der Waals surface area contributed by atoms with E-state index >= 15 is 0 Å². The molecule has 2 heteroatoms. The first-order valence-corrected chi connectivity index (χ1v) is 7.21. The van der Waals surface area contributed by atoms with Crippen molar-refractivity contribution in [2.24, 2.45) is 5.73 Å². The number of aryl methyl sites for hydroxylation is 1. The van der Waals surface area contributed by atoms with Crippen molar-refractivity contribution in [2.75, 3.05) is 6.54 Å². The lowest BCUT2D eigenvalue weighted by Crippen LogP contribution is -2.42. The van der Waals surface area contributed by atoms with Crippen molar-refractivity contribution in [3.05, 3.63) is 35.4 Å². The number of piperidine rings is 1. The second-order valence-corrected chi connectivity index (χ2v) is 5.76. The van der Waals surface area contributed by atoms with Gasteiger partial charge < -0.3 is 5.73 Å². The van der Waals surface area contributed by atoms with Crippen LogP contribution in [0.1, 0.15) is 43.7 Å². The molecule has 2 atom stereocenters. The van der Waals surface area contributed by atoms with Crippen LogP contribution >= 0.6 is 0 Å². The molecule has 2 unspecified atom stereocenters. The summed E-state index contributed by atoms with van der Waals surface area (Å²) in [4.78, 5) is 2.63. The van der Waals surface area contributed by atoms with Gasteiger partial charge in [0.15, 0.2) is 0 Å². The Labute approximate surface area is 111 Å². The molecule has 1 heterocycles. The van der Waals surface area contributed by atoms with E-state index in [1.165, 1.54) is 36.9 Å². The normalized spacial score (nSPS) is 22.9. The van der Waals surface area contributed by atoms with Crippen LogP contribution in [-0.2, 0) is 6.54 Å². The fourth-order valence-electron chi connectivity index (χ4n) is 2.97. The largest absolute Gasteiger partial charge is 0.328 e. The van der Waals surface area contributed by atoms with E-state index in [4.69, 9.17) is 5.73 Å². The Morgan fingerprint density at radius 2 is 2.11 bits per heavy atom. The SMILES string of the molecule is Cc1ccccc1CN1CCCCC1CC(C)N. The molecular weight excluding hydrogens is 220 g/mol. The van der Waals surface area contributed by atoms with Crippen molar-refractivity contribution in [1.29, 1.82) is 0 Å². The van der Waals surface area contributed by atoms with Gasteiger partial charge in [0.25, 0.3) is 0 Å². The molecule has 0 aliphatic carbocycles. The summed E-state index contributed by atoms with van der Waals surface area (Å²) in [6.07, 6.45) is 5.14. The van der Waals surface area contributed by atoms with Gasteiger partial charge in [0.2, 0.25) is 0 Å². The summed E-state index contributed by atoms with van der Waals surface area (Å²) in [5.41, 5.74) is 8.85. The monoisotopic (exact) mass is 246 g/mol. The van der Waals surface area contributed by atoms with E-state index in [0.29, 0.717) is 12.1 Å². The summed E-state index contributed by atoms with van der Waals surface area (Å²) in [7, 11) is 0. The van der Waals surface area contributed by atoms with Crippen molar-refractivity contribution in [1.82, 2.24) is 4.90 Å². The van der Waals surface area contributed by atoms with Crippen LogP contribution in [0, 0.1) is 6.92 Å². The van der Waals surface area contributed by atoms with Crippen LogP contribution in [0.5, 0.6) is 0 Å². The van der Waals surface area contributed by atoms with Crippen LogP contribution in [0.3, 0.4) is 0 Å². The number of hydrogen-bond donors (Lipinski definition) is 1. The molecule has 0 aromatic heterocycles. The third-order valence-corrected chi connectivity index (χ3v) is 4.03. The molecule has 0 amide bonds. The average Bonchev–Trinajstić information content (AvgIpc) is 2.34. The lowest BCUT2D eigenvalue weighted by molar-refractivity contribution is 0.127. The highest BCUT2D eigenvalue weighted by molar-refractivity contribution is 5.25. The summed E-state index contributed by atoms with van der Waals surface area (Å²) in [5.74, 6) is 0. The predicted molar refractivity (Wildman–Crippen MR) is 77.5 cm³/mol. The van der Waals surface area contributed by atoms with E-state index < -0.39 is 0 Å². The number of nitrogens with two attached hydrogens (primary N) is 1. The Morgan fingerprint density at radius 1 is 1.33 bits per heavy atom. The standard InChI is InChI=1S/C16H26N2/c1-13-7-3-4-8-15(13)12-18-10-6-5-9-16(18)11-14(2)17/h3-4,7-8,14,16H,5-6,9-12,17H2,1-2H3. The van der Waals surface area contributed by atoms with Gasteiger partial charge in [-0.25, -0.2) is 0 Å². The van der Waals surface area contributed by atoms with Gasteiger partial charge in [-0.05, 0) is 50.8 Å². The second-order valence-electron chi connectivity index (χ2n) is 5.76. The minimum atomic E-state index is 0.312. The maximum Gasteiger partial charge on any atom is 0.0239 e. The van der Waals surface area contributed by atoms with E-state index in [0.717, 1.165) is 13.0 Å². The zero-order valence-electron chi connectivity index (χ0n) is 11.7. The summed E-state index contributed by atoms with van der Waals surface area (Å²) in [6, 6.07) is 9.72. The molecule has 0 spiro atoms. The van der Waals surface area contributed by atoms with Crippen molar-refractivity contribution in [2.45, 2.75) is 58.2 Å². The molecule has 2 rings (SSSR count). The molecule has 1 fully saturated rings. The Balaban J connectivity index is 2.03. The molecule has 1 aliphatic rings. The number of nitrogens with zero attached hydrogens (tertiary/aromatic N) is 1. The van der Waals surface area contributed by atoms with E-state index in [2.05, 4.69) is 43.0 Å². The third kappa shape index (κ3) is 3.56. The Kier molecular flexibility index (Phi) is 4.79. The zero-order chi connectivity index (χ0) is 13.0. The molecule has 1 aliphatic heterocycles. The van der Waals surface area contributed by atoms with Crippen molar-refractivity contribution in [3.63, 3.8) is 0 Å². The molecule has 0 saturated carbocycles. The maximum atomic E-state index is 5.98. The van der Waals surface area contributed by atoms with E-state index in [1.54, 1.807) is 0 Å². The van der Waals surface area contributed by atoms with Crippen molar-refractivity contribution in [3.8, 4) is 0 Å². The Morgan fingerprint density at radius 3 is 2.83 bits per heavy atom. The fourth-order valence-corrected chi connectivity index (χ4v) is 2.97. The van der Waals surface area contributed by atoms with Crippen LogP contribution < -0.4 is 5.73 Å². The smallest absolute Gasteiger partial charge is 0.0239 e. The van der Waals surface area contributed by atoms with Gasteiger partial charge in [0.1, 0.15) is 0 Å². The summed E-state index contributed by atoms with van der Waals surface area (Å²) < 4.78 is 0. The first-order chi connectivity index (χ1) is 8.66. The maximum absolute atomic E-state index is 5.98. The van der Waals surface area contributed by atoms with E-state index in [1.807, 2.05) is 0 Å². The third-order valence-electron chi connectivity index (χ3n) is 4.03. The quantitative estimate of drug-likeness (QED) is 0.884. The van der Waals surface area contributed by atoms with E-state index in [-0.39, 0.29) is 0 Å². The van der Waals surface area contributed by atoms with Crippen LogP contribution in [0.4, 0.5) is 0 Å². The average molecular weight is 246 g/mol. The minimum absolute atomic E-state index is 0.312. The highest BCUT2D eigenvalue weighted by atomic mass is 15.2. The zero-order valence-corrected chi connectivity index (χ0v) is 11.7. The highest BCUT2D eigenvalue weighted by Crippen LogP contribution is 2.23. The number of likely N-dealkylation sites (tertiary alicyclic amines) is 1. The minimum Gasteiger partial charge on any atom is -0.328 e. The second kappa shape index (κ2) is 6.35. The molecule has 0 bridgehead atoms. The fraction of sp³-hybridized carbons (Fsp3) is 0.625. The number of benzene rings is 1. The summed E-state index contributed by atoms with van der Waals surface area (Å²) in [6.45, 7) is 6.65. The number of rotatable bonds is 4. The summed E-state index contributed by atoms with van der Waals surface area (Å²) >= 11 is 0. The van der Waals surface area contributed by atoms with Gasteiger partial charge in [0.05, 0.1) is 0 Å². The molecule has 2 N–H and O–H groups in total. The molecule has 1 saturated heterocycles. The molecule has 18 heavy (non-hydrogen) atoms. The van der Waals surface area contributed by atoms with Gasteiger partial charge in [-0.3, -0.25) is 4.90 Å². The summed E-state index contributed by atoms with van der Waals surface area (Å²) in [5, 5.41) is 0. The Bertz CT molecular complexity index is 373. The van der Waals surface area contributed by atoms with Crippen molar-refractivity contribution >= 4 is 0 Å². The van der Waals surface area contributed by atoms with Crippen LogP contribution in [0.15, 0.2) is 24.3 Å². The van der Waals surface area contributed by atoms with Gasteiger partial charge in [-0.1, -0.05) is 30.7 Å². The first kappa shape index (κ1) is 13.6. The van der Waals surface area contributed by atoms with Gasteiger partial charge in [-0.2, -0.15) is 0 Å². The molecule has 1 aromatic carbocycles. The Hall–Kier alpha value is -0.860. The van der Waals surface area contributed by atoms with Gasteiger partial charge in [-0.15, -0.1) is 0 Å². The van der Waals surface area contributed by atoms with Crippen LogP contribution in [0.2, 0.25) is 0 Å². The van der Waals surface area contributed by atoms with Crippen molar-refractivity contribution < 1.29 is 0 Å². The molecule has 2 nitrogen and oxygen atoms in total. The molecule has 0 radical (unpaired) electrons. The lowest BCUT2D eigenvalue weighted by atomic mass is 9.95. The highest BCUT2D eigenvalue weighted by Gasteiger charge is 2.23. The molecule has 1 aromatic rings. The number of hydrogen-bond acceptors (Lipinski definition) is 2. The lowest BCUT2D eigenvalue weighted by Gasteiger charge is -2.37. The van der Waals surface area contributed by atoms with Crippen LogP contribution in [0.25, 0.3) is 0 Å². The first-order valence-electron chi connectivity index (χ1n) is 7.21. The molecular formula is C16H26N2. The van der Waals surface area contributed by atoms with Crippen LogP contribution in [-0.4, -0.2) is 23.5 Å². The van der Waals surface area contributed by atoms with Gasteiger partial charge >= 0.3 is 0 Å². The predicted octanol–water partition coefficient (Wildman–Crippen LogP) is 3.09.